The molecule has 86 valence electrons. The normalized spacial score (nSPS) is 15.1. The van der Waals surface area contributed by atoms with E-state index in [4.69, 9.17) is 9.47 Å². The van der Waals surface area contributed by atoms with Crippen LogP contribution >= 0.6 is 11.8 Å². The zero-order valence-electron chi connectivity index (χ0n) is 9.74. The maximum atomic E-state index is 5.57. The van der Waals surface area contributed by atoms with E-state index in [2.05, 4.69) is 11.9 Å². The summed E-state index contributed by atoms with van der Waals surface area (Å²) < 4.78 is 11.1. The van der Waals surface area contributed by atoms with Gasteiger partial charge in [0, 0.05) is 12.6 Å². The van der Waals surface area contributed by atoms with Crippen molar-refractivity contribution in [2.24, 2.45) is 4.99 Å². The van der Waals surface area contributed by atoms with Gasteiger partial charge in [0.15, 0.2) is 11.5 Å². The Bertz CT molecular complexity index is 429. The third kappa shape index (κ3) is 2.02. The number of thioether (sulfide) groups is 1. The molecule has 0 aromatic heterocycles. The number of benzene rings is 1. The fourth-order valence-corrected chi connectivity index (χ4v) is 2.36. The van der Waals surface area contributed by atoms with Crippen molar-refractivity contribution < 1.29 is 9.47 Å². The van der Waals surface area contributed by atoms with Crippen molar-refractivity contribution in [1.82, 2.24) is 0 Å². The fourth-order valence-electron chi connectivity index (χ4n) is 1.74. The number of nitrogens with zero attached hydrogens (tertiary/aromatic N) is 1. The first-order valence-corrected chi connectivity index (χ1v) is 6.40. The second-order valence-electron chi connectivity index (χ2n) is 3.54. The van der Waals surface area contributed by atoms with Gasteiger partial charge in [0.25, 0.3) is 0 Å². The highest BCUT2D eigenvalue weighted by molar-refractivity contribution is 8.13. The zero-order chi connectivity index (χ0) is 11.5. The van der Waals surface area contributed by atoms with Gasteiger partial charge in [0.1, 0.15) is 13.2 Å². The molecule has 0 N–H and O–H groups in total. The van der Waals surface area contributed by atoms with Crippen molar-refractivity contribution in [2.45, 2.75) is 6.92 Å². The summed E-state index contributed by atoms with van der Waals surface area (Å²) in [6, 6.07) is 4.04. The van der Waals surface area contributed by atoms with Crippen molar-refractivity contribution in [3.05, 3.63) is 23.3 Å². The lowest BCUT2D eigenvalue weighted by atomic mass is 10.1. The second kappa shape index (κ2) is 4.78. The van der Waals surface area contributed by atoms with E-state index in [0.717, 1.165) is 22.1 Å². The van der Waals surface area contributed by atoms with Gasteiger partial charge in [-0.05, 0) is 30.9 Å². The highest BCUT2D eigenvalue weighted by Gasteiger charge is 2.16. The fraction of sp³-hybridized carbons (Fsp3) is 0.417. The molecule has 0 saturated heterocycles. The standard InChI is InChI=1S/C12H15NO2S/c1-8-6-10-11(15-5-4-14-10)7-9(8)12(13-2)16-3/h6-7H,4-5H2,1-3H3. The van der Waals surface area contributed by atoms with Gasteiger partial charge in [-0.25, -0.2) is 0 Å². The van der Waals surface area contributed by atoms with Crippen LogP contribution in [0.25, 0.3) is 0 Å². The average molecular weight is 237 g/mol. The molecule has 0 unspecified atom stereocenters. The van der Waals surface area contributed by atoms with Gasteiger partial charge in [0.2, 0.25) is 0 Å². The molecule has 0 aliphatic carbocycles. The molecule has 3 nitrogen and oxygen atoms in total. The largest absolute Gasteiger partial charge is 0.486 e. The molecule has 0 fully saturated rings. The Morgan fingerprint density at radius 1 is 1.25 bits per heavy atom. The van der Waals surface area contributed by atoms with Crippen LogP contribution in [0.15, 0.2) is 17.1 Å². The summed E-state index contributed by atoms with van der Waals surface area (Å²) in [5.41, 5.74) is 2.29. The topological polar surface area (TPSA) is 30.8 Å². The highest BCUT2D eigenvalue weighted by Crippen LogP contribution is 2.34. The summed E-state index contributed by atoms with van der Waals surface area (Å²) in [6.07, 6.45) is 2.03. The summed E-state index contributed by atoms with van der Waals surface area (Å²) in [6.45, 7) is 3.31. The lowest BCUT2D eigenvalue weighted by molar-refractivity contribution is 0.171. The molecule has 0 radical (unpaired) electrons. The maximum absolute atomic E-state index is 5.57. The molecule has 0 amide bonds. The van der Waals surface area contributed by atoms with Crippen molar-refractivity contribution in [3.8, 4) is 11.5 Å². The van der Waals surface area contributed by atoms with Gasteiger partial charge in [-0.3, -0.25) is 4.99 Å². The van der Waals surface area contributed by atoms with E-state index in [0.29, 0.717) is 13.2 Å². The van der Waals surface area contributed by atoms with Crippen LogP contribution in [0.3, 0.4) is 0 Å². The zero-order valence-corrected chi connectivity index (χ0v) is 10.6. The molecule has 1 aliphatic rings. The van der Waals surface area contributed by atoms with Crippen LogP contribution in [-0.4, -0.2) is 31.6 Å². The minimum Gasteiger partial charge on any atom is -0.486 e. The van der Waals surface area contributed by atoms with Gasteiger partial charge in [-0.1, -0.05) is 0 Å². The third-order valence-corrected chi connectivity index (χ3v) is 3.31. The Labute approximate surface area is 99.9 Å². The van der Waals surface area contributed by atoms with Gasteiger partial charge in [-0.15, -0.1) is 11.8 Å². The molecular weight excluding hydrogens is 222 g/mol. The number of ether oxygens (including phenoxy) is 2. The first kappa shape index (κ1) is 11.3. The lowest BCUT2D eigenvalue weighted by Gasteiger charge is -2.20. The number of rotatable bonds is 1. The number of aryl methyl sites for hydroxylation is 1. The SMILES string of the molecule is CN=C(SC)c1cc2c(cc1C)OCCO2. The number of hydrogen-bond donors (Lipinski definition) is 0. The first-order valence-electron chi connectivity index (χ1n) is 5.17. The van der Waals surface area contributed by atoms with E-state index >= 15 is 0 Å². The number of hydrogen-bond acceptors (Lipinski definition) is 4. The Morgan fingerprint density at radius 2 is 1.88 bits per heavy atom. The molecule has 1 heterocycles. The van der Waals surface area contributed by atoms with E-state index in [1.165, 1.54) is 5.56 Å². The summed E-state index contributed by atoms with van der Waals surface area (Å²) in [5.74, 6) is 1.66. The van der Waals surface area contributed by atoms with Crippen LogP contribution in [0.4, 0.5) is 0 Å². The summed E-state index contributed by atoms with van der Waals surface area (Å²) in [5, 5.41) is 1.02. The molecule has 4 heteroatoms. The molecule has 0 bridgehead atoms. The van der Waals surface area contributed by atoms with Crippen LogP contribution < -0.4 is 9.47 Å². The van der Waals surface area contributed by atoms with E-state index in [9.17, 15) is 0 Å². The number of aliphatic imine (C=N–C) groups is 1. The molecule has 2 rings (SSSR count). The Kier molecular flexibility index (Phi) is 3.39. The van der Waals surface area contributed by atoms with E-state index in [1.54, 1.807) is 11.8 Å². The Morgan fingerprint density at radius 3 is 2.44 bits per heavy atom. The first-order chi connectivity index (χ1) is 7.76. The predicted molar refractivity (Wildman–Crippen MR) is 68.1 cm³/mol. The Hall–Kier alpha value is -1.16. The van der Waals surface area contributed by atoms with E-state index in [1.807, 2.05) is 25.4 Å². The molecule has 1 aromatic rings. The highest BCUT2D eigenvalue weighted by atomic mass is 32.2. The molecule has 0 atom stereocenters. The summed E-state index contributed by atoms with van der Waals surface area (Å²) in [4.78, 5) is 4.27. The van der Waals surface area contributed by atoms with Crippen LogP contribution in [0.5, 0.6) is 11.5 Å². The van der Waals surface area contributed by atoms with Gasteiger partial charge >= 0.3 is 0 Å². The van der Waals surface area contributed by atoms with E-state index in [-0.39, 0.29) is 0 Å². The molecule has 1 aliphatic heterocycles. The van der Waals surface area contributed by atoms with Gasteiger partial charge < -0.3 is 9.47 Å². The van der Waals surface area contributed by atoms with Crippen molar-refractivity contribution in [2.75, 3.05) is 26.5 Å². The molecular formula is C12H15NO2S. The quantitative estimate of drug-likeness (QED) is 0.555. The van der Waals surface area contributed by atoms with Crippen molar-refractivity contribution in [1.29, 1.82) is 0 Å². The third-order valence-electron chi connectivity index (χ3n) is 2.52. The van der Waals surface area contributed by atoms with Crippen molar-refractivity contribution >= 4 is 16.8 Å². The Balaban J connectivity index is 2.47. The monoisotopic (exact) mass is 237 g/mol. The summed E-state index contributed by atoms with van der Waals surface area (Å²) in [7, 11) is 1.81. The lowest BCUT2D eigenvalue weighted by Crippen LogP contribution is -2.16. The van der Waals surface area contributed by atoms with Crippen LogP contribution in [0.1, 0.15) is 11.1 Å². The van der Waals surface area contributed by atoms with Gasteiger partial charge in [-0.2, -0.15) is 0 Å². The maximum Gasteiger partial charge on any atom is 0.162 e. The van der Waals surface area contributed by atoms with Crippen LogP contribution in [0, 0.1) is 6.92 Å². The van der Waals surface area contributed by atoms with Crippen molar-refractivity contribution in [3.63, 3.8) is 0 Å². The average Bonchev–Trinajstić information content (AvgIpc) is 2.31. The second-order valence-corrected chi connectivity index (χ2v) is 4.34. The smallest absolute Gasteiger partial charge is 0.162 e. The minimum absolute atomic E-state index is 0.618. The number of fused-ring (bicyclic) bond motifs is 1. The summed E-state index contributed by atoms with van der Waals surface area (Å²) >= 11 is 1.64. The van der Waals surface area contributed by atoms with Crippen LogP contribution in [0.2, 0.25) is 0 Å². The predicted octanol–water partition coefficient (Wildman–Crippen LogP) is 2.51. The molecule has 16 heavy (non-hydrogen) atoms. The minimum atomic E-state index is 0.618. The van der Waals surface area contributed by atoms with E-state index < -0.39 is 0 Å². The van der Waals surface area contributed by atoms with Crippen LogP contribution in [-0.2, 0) is 0 Å². The van der Waals surface area contributed by atoms with Gasteiger partial charge in [0.05, 0.1) is 5.04 Å². The molecule has 1 aromatic carbocycles. The molecule has 0 saturated carbocycles. The molecule has 0 spiro atoms.